The Morgan fingerprint density at radius 1 is 1.40 bits per heavy atom. The first-order chi connectivity index (χ1) is 9.63. The molecular formula is C16H23NO2S. The summed E-state index contributed by atoms with van der Waals surface area (Å²) < 4.78 is 0. The number of likely N-dealkylation sites (N-methyl/N-ethyl adjacent to an activating group) is 1. The molecule has 1 aliphatic carbocycles. The minimum Gasteiger partial charge on any atom is -0.391 e. The fourth-order valence-corrected chi connectivity index (χ4v) is 3.37. The van der Waals surface area contributed by atoms with E-state index in [1.165, 1.54) is 5.56 Å². The minimum atomic E-state index is -0.382. The van der Waals surface area contributed by atoms with Crippen molar-refractivity contribution in [1.29, 1.82) is 0 Å². The molecule has 1 saturated carbocycles. The van der Waals surface area contributed by atoms with Gasteiger partial charge in [0, 0.05) is 18.4 Å². The van der Waals surface area contributed by atoms with Crippen LogP contribution in [-0.4, -0.2) is 41.4 Å². The second-order valence-electron chi connectivity index (χ2n) is 5.47. The Labute approximate surface area is 125 Å². The van der Waals surface area contributed by atoms with Gasteiger partial charge in [0.05, 0.1) is 12.1 Å². The lowest BCUT2D eigenvalue weighted by molar-refractivity contribution is 0.0268. The van der Waals surface area contributed by atoms with Gasteiger partial charge < -0.3 is 10.0 Å². The average molecular weight is 293 g/mol. The van der Waals surface area contributed by atoms with E-state index < -0.39 is 0 Å². The third kappa shape index (κ3) is 3.55. The van der Waals surface area contributed by atoms with Gasteiger partial charge >= 0.3 is 0 Å². The van der Waals surface area contributed by atoms with Crippen LogP contribution >= 0.6 is 11.8 Å². The number of rotatable bonds is 4. The second-order valence-corrected chi connectivity index (χ2v) is 6.33. The maximum Gasteiger partial charge on any atom is 0.253 e. The maximum absolute atomic E-state index is 12.6. The third-order valence-corrected chi connectivity index (χ3v) is 4.62. The van der Waals surface area contributed by atoms with Crippen LogP contribution in [0.1, 0.15) is 41.6 Å². The van der Waals surface area contributed by atoms with Crippen molar-refractivity contribution >= 4 is 17.7 Å². The predicted octanol–water partition coefficient (Wildman–Crippen LogP) is 2.93. The molecule has 0 aromatic heterocycles. The van der Waals surface area contributed by atoms with Gasteiger partial charge in [-0.15, -0.1) is 0 Å². The first-order valence-electron chi connectivity index (χ1n) is 7.16. The van der Waals surface area contributed by atoms with Crippen LogP contribution < -0.4 is 0 Å². The van der Waals surface area contributed by atoms with Crippen LogP contribution in [0.5, 0.6) is 0 Å². The summed E-state index contributed by atoms with van der Waals surface area (Å²) >= 11 is 1.75. The minimum absolute atomic E-state index is 0.0129. The van der Waals surface area contributed by atoms with Crippen LogP contribution in [0.25, 0.3) is 0 Å². The molecule has 0 saturated heterocycles. The number of carbonyl (C=O) groups excluding carboxylic acids is 1. The molecule has 0 bridgehead atoms. The van der Waals surface area contributed by atoms with Gasteiger partial charge in [0.2, 0.25) is 0 Å². The summed E-state index contributed by atoms with van der Waals surface area (Å²) in [6.07, 6.45) is 5.52. The number of thioether (sulfide) groups is 1. The van der Waals surface area contributed by atoms with Gasteiger partial charge in [-0.1, -0.05) is 25.0 Å². The lowest BCUT2D eigenvalue weighted by Crippen LogP contribution is -2.46. The molecule has 0 aliphatic heterocycles. The molecule has 2 atom stereocenters. The molecule has 110 valence electrons. The summed E-state index contributed by atoms with van der Waals surface area (Å²) in [6.45, 7) is 0. The second kappa shape index (κ2) is 7.14. The zero-order valence-electron chi connectivity index (χ0n) is 12.2. The number of benzene rings is 1. The van der Waals surface area contributed by atoms with Crippen LogP contribution in [0.15, 0.2) is 24.3 Å². The molecule has 0 spiro atoms. The van der Waals surface area contributed by atoms with Gasteiger partial charge in [0.25, 0.3) is 5.91 Å². The average Bonchev–Trinajstić information content (AvgIpc) is 2.47. The molecule has 20 heavy (non-hydrogen) atoms. The lowest BCUT2D eigenvalue weighted by Gasteiger charge is -2.35. The molecule has 1 aliphatic rings. The normalized spacial score (nSPS) is 22.6. The van der Waals surface area contributed by atoms with Crippen molar-refractivity contribution in [1.82, 2.24) is 4.90 Å². The first kappa shape index (κ1) is 15.4. The summed E-state index contributed by atoms with van der Waals surface area (Å²) in [4.78, 5) is 14.3. The van der Waals surface area contributed by atoms with Crippen molar-refractivity contribution in [2.75, 3.05) is 13.3 Å². The SMILES string of the molecule is CSCc1cccc(C(=O)N(C)C2CCCCC2O)c1. The van der Waals surface area contributed by atoms with Crippen LogP contribution in [-0.2, 0) is 5.75 Å². The molecule has 1 aromatic rings. The molecular weight excluding hydrogens is 270 g/mol. The first-order valence-corrected chi connectivity index (χ1v) is 8.56. The van der Waals surface area contributed by atoms with Crippen molar-refractivity contribution in [2.24, 2.45) is 0 Å². The van der Waals surface area contributed by atoms with E-state index in [0.29, 0.717) is 0 Å². The number of carbonyl (C=O) groups is 1. The highest BCUT2D eigenvalue weighted by Crippen LogP contribution is 2.24. The van der Waals surface area contributed by atoms with Crippen molar-refractivity contribution in [3.8, 4) is 0 Å². The number of amides is 1. The third-order valence-electron chi connectivity index (χ3n) is 4.00. The van der Waals surface area contributed by atoms with E-state index in [2.05, 4.69) is 6.26 Å². The van der Waals surface area contributed by atoms with E-state index >= 15 is 0 Å². The number of nitrogens with zero attached hydrogens (tertiary/aromatic N) is 1. The molecule has 2 unspecified atom stereocenters. The lowest BCUT2D eigenvalue weighted by atomic mass is 9.91. The summed E-state index contributed by atoms with van der Waals surface area (Å²) in [5.41, 5.74) is 1.89. The summed E-state index contributed by atoms with van der Waals surface area (Å²) in [5, 5.41) is 10.1. The van der Waals surface area contributed by atoms with Gasteiger partial charge in [-0.3, -0.25) is 4.79 Å². The largest absolute Gasteiger partial charge is 0.391 e. The van der Waals surface area contributed by atoms with Gasteiger partial charge in [0.15, 0.2) is 0 Å². The quantitative estimate of drug-likeness (QED) is 0.928. The Bertz CT molecular complexity index is 464. The molecule has 1 fully saturated rings. The molecule has 2 rings (SSSR count). The Morgan fingerprint density at radius 2 is 2.15 bits per heavy atom. The molecule has 0 radical (unpaired) electrons. The van der Waals surface area contributed by atoms with E-state index in [1.54, 1.807) is 16.7 Å². The molecule has 3 nitrogen and oxygen atoms in total. The highest BCUT2D eigenvalue weighted by Gasteiger charge is 2.29. The van der Waals surface area contributed by atoms with Crippen molar-refractivity contribution in [3.05, 3.63) is 35.4 Å². The van der Waals surface area contributed by atoms with Gasteiger partial charge in [-0.05, 0) is 36.8 Å². The Morgan fingerprint density at radius 3 is 2.85 bits per heavy atom. The smallest absolute Gasteiger partial charge is 0.253 e. The Kier molecular flexibility index (Phi) is 5.49. The zero-order chi connectivity index (χ0) is 14.5. The van der Waals surface area contributed by atoms with Crippen LogP contribution in [0.3, 0.4) is 0 Å². The van der Waals surface area contributed by atoms with E-state index in [4.69, 9.17) is 0 Å². The number of hydrogen-bond acceptors (Lipinski definition) is 3. The molecule has 1 aromatic carbocycles. The van der Waals surface area contributed by atoms with E-state index in [-0.39, 0.29) is 18.1 Å². The molecule has 1 amide bonds. The zero-order valence-corrected chi connectivity index (χ0v) is 13.0. The van der Waals surface area contributed by atoms with E-state index in [1.807, 2.05) is 31.3 Å². The Balaban J connectivity index is 2.11. The fraction of sp³-hybridized carbons (Fsp3) is 0.562. The number of hydrogen-bond donors (Lipinski definition) is 1. The highest BCUT2D eigenvalue weighted by atomic mass is 32.2. The number of aliphatic hydroxyl groups excluding tert-OH is 1. The Hall–Kier alpha value is -1.00. The molecule has 0 heterocycles. The standard InChI is InChI=1S/C16H23NO2S/c1-17(14-8-3-4-9-15(14)18)16(19)13-7-5-6-12(10-13)11-20-2/h5-7,10,14-15,18H,3-4,8-9,11H2,1-2H3. The monoisotopic (exact) mass is 293 g/mol. The van der Waals surface area contributed by atoms with Gasteiger partial charge in [-0.2, -0.15) is 11.8 Å². The summed E-state index contributed by atoms with van der Waals surface area (Å²) in [7, 11) is 1.81. The van der Waals surface area contributed by atoms with Crippen molar-refractivity contribution < 1.29 is 9.90 Å². The van der Waals surface area contributed by atoms with Crippen LogP contribution in [0.2, 0.25) is 0 Å². The summed E-state index contributed by atoms with van der Waals surface area (Å²) in [5.74, 6) is 0.926. The maximum atomic E-state index is 12.6. The van der Waals surface area contributed by atoms with Crippen LogP contribution in [0, 0.1) is 0 Å². The topological polar surface area (TPSA) is 40.5 Å². The number of aliphatic hydroxyl groups is 1. The van der Waals surface area contributed by atoms with Gasteiger partial charge in [-0.25, -0.2) is 0 Å². The van der Waals surface area contributed by atoms with Crippen molar-refractivity contribution in [3.63, 3.8) is 0 Å². The fourth-order valence-electron chi connectivity index (χ4n) is 2.86. The van der Waals surface area contributed by atoms with Crippen molar-refractivity contribution in [2.45, 2.75) is 43.6 Å². The molecule has 4 heteroatoms. The summed E-state index contributed by atoms with van der Waals surface area (Å²) in [6, 6.07) is 7.76. The van der Waals surface area contributed by atoms with E-state index in [0.717, 1.165) is 37.0 Å². The van der Waals surface area contributed by atoms with Crippen LogP contribution in [0.4, 0.5) is 0 Å². The molecule has 1 N–H and O–H groups in total. The van der Waals surface area contributed by atoms with E-state index in [9.17, 15) is 9.90 Å². The van der Waals surface area contributed by atoms with Gasteiger partial charge in [0.1, 0.15) is 0 Å². The predicted molar refractivity (Wildman–Crippen MR) is 84.0 cm³/mol. The highest BCUT2D eigenvalue weighted by molar-refractivity contribution is 7.97.